The van der Waals surface area contributed by atoms with Crippen molar-refractivity contribution in [2.45, 2.75) is 26.4 Å². The summed E-state index contributed by atoms with van der Waals surface area (Å²) in [6, 6.07) is 3.52. The zero-order valence-corrected chi connectivity index (χ0v) is 15.2. The third-order valence-electron chi connectivity index (χ3n) is 2.74. The van der Waals surface area contributed by atoms with Crippen LogP contribution in [-0.4, -0.2) is 55.7 Å². The minimum Gasteiger partial charge on any atom is -0.465 e. The van der Waals surface area contributed by atoms with Crippen LogP contribution in [-0.2, 0) is 9.47 Å². The Hall–Kier alpha value is -1.76. The maximum absolute atomic E-state index is 12.7. The average molecular weight is 407 g/mol. The maximum atomic E-state index is 12.7. The highest BCUT2D eigenvalue weighted by Crippen LogP contribution is 2.25. The molecule has 2 rings (SSSR count). The highest BCUT2D eigenvalue weighted by Gasteiger charge is 2.26. The highest BCUT2D eigenvalue weighted by molar-refractivity contribution is 9.10. The zero-order chi connectivity index (χ0) is 25.1. The van der Waals surface area contributed by atoms with Gasteiger partial charge in [-0.25, -0.2) is 9.59 Å². The van der Waals surface area contributed by atoms with Gasteiger partial charge in [0.2, 0.25) is 0 Å². The standard InChI is InChI=1S/C17H23BrN2O4/c1-17(2,3)24-16(22)20-9-7-19(8-10-20)12-5-6-14(18)13(11-12)15(21)23-4/h5-6,11H,7-10H2,1-4H3/i7D2,8D2,9D2,10D2. The lowest BCUT2D eigenvalue weighted by Gasteiger charge is -2.36. The minimum absolute atomic E-state index is 0.118. The number of nitrogens with zero attached hydrogens (tertiary/aromatic N) is 2. The van der Waals surface area contributed by atoms with Gasteiger partial charge in [-0.3, -0.25) is 0 Å². The van der Waals surface area contributed by atoms with Crippen molar-refractivity contribution in [2.24, 2.45) is 0 Å². The van der Waals surface area contributed by atoms with Gasteiger partial charge in [-0.05, 0) is 54.9 Å². The third-order valence-corrected chi connectivity index (χ3v) is 3.43. The van der Waals surface area contributed by atoms with Crippen molar-refractivity contribution in [1.29, 1.82) is 0 Å². The predicted octanol–water partition coefficient (Wildman–Crippen LogP) is 3.29. The van der Waals surface area contributed by atoms with Gasteiger partial charge in [0, 0.05) is 36.1 Å². The lowest BCUT2D eigenvalue weighted by molar-refractivity contribution is 0.0240. The summed E-state index contributed by atoms with van der Waals surface area (Å²) < 4.78 is 76.9. The number of methoxy groups -OCH3 is 1. The number of ether oxygens (including phenoxy) is 2. The largest absolute Gasteiger partial charge is 0.465 e. The fourth-order valence-electron chi connectivity index (χ4n) is 1.70. The topological polar surface area (TPSA) is 59.1 Å². The lowest BCUT2D eigenvalue weighted by atomic mass is 10.1. The van der Waals surface area contributed by atoms with E-state index < -0.39 is 43.7 Å². The van der Waals surface area contributed by atoms with E-state index in [4.69, 9.17) is 15.7 Å². The SMILES string of the molecule is [2H]C1([2H])N(C(=O)OC(C)(C)C)C([2H])([2H])C([2H])([2H])N(c2ccc(Br)c(C(=O)OC)c2)C1([2H])[2H]. The van der Waals surface area contributed by atoms with Crippen molar-refractivity contribution in [3.8, 4) is 0 Å². The molecule has 132 valence electrons. The highest BCUT2D eigenvalue weighted by atomic mass is 79.9. The Bertz CT molecular complexity index is 908. The second-order valence-corrected chi connectivity index (χ2v) is 6.61. The first-order valence-corrected chi connectivity index (χ1v) is 7.74. The summed E-state index contributed by atoms with van der Waals surface area (Å²) in [4.78, 5) is 24.8. The van der Waals surface area contributed by atoms with E-state index in [9.17, 15) is 9.59 Å². The number of anilines is 1. The summed E-state index contributed by atoms with van der Waals surface area (Å²) >= 11 is 3.13. The van der Waals surface area contributed by atoms with Gasteiger partial charge in [-0.1, -0.05) is 0 Å². The second kappa shape index (κ2) is 7.42. The number of piperazine rings is 1. The molecule has 7 heteroatoms. The smallest absolute Gasteiger partial charge is 0.410 e. The average Bonchev–Trinajstić information content (AvgIpc) is 2.59. The fraction of sp³-hybridized carbons (Fsp3) is 0.529. The molecule has 6 nitrogen and oxygen atoms in total. The Labute approximate surface area is 162 Å². The number of hydrogen-bond donors (Lipinski definition) is 0. The summed E-state index contributed by atoms with van der Waals surface area (Å²) in [5.74, 6) is -0.835. The van der Waals surface area contributed by atoms with Crippen molar-refractivity contribution in [2.75, 3.05) is 38.0 Å². The Morgan fingerprint density at radius 2 is 1.83 bits per heavy atom. The van der Waals surface area contributed by atoms with E-state index in [1.165, 1.54) is 32.9 Å². The van der Waals surface area contributed by atoms with Crippen molar-refractivity contribution < 1.29 is 30.0 Å². The molecule has 1 aliphatic heterocycles. The van der Waals surface area contributed by atoms with Gasteiger partial charge in [0.25, 0.3) is 0 Å². The first-order chi connectivity index (χ1) is 14.2. The monoisotopic (exact) mass is 406 g/mol. The molecule has 0 bridgehead atoms. The van der Waals surface area contributed by atoms with Crippen LogP contribution >= 0.6 is 15.9 Å². The molecule has 0 aliphatic carbocycles. The fourth-order valence-corrected chi connectivity index (χ4v) is 2.11. The number of hydrogen-bond acceptors (Lipinski definition) is 5. The van der Waals surface area contributed by atoms with Crippen molar-refractivity contribution >= 4 is 33.7 Å². The normalized spacial score (nSPS) is 28.5. The van der Waals surface area contributed by atoms with Crippen LogP contribution in [0.4, 0.5) is 10.5 Å². The molecule has 0 N–H and O–H groups in total. The van der Waals surface area contributed by atoms with Crippen LogP contribution in [0.15, 0.2) is 22.7 Å². The summed E-state index contributed by atoms with van der Waals surface area (Å²) in [5, 5.41) is 0. The summed E-state index contributed by atoms with van der Waals surface area (Å²) in [5.41, 5.74) is -1.64. The molecule has 0 radical (unpaired) electrons. The number of benzene rings is 1. The van der Waals surface area contributed by atoms with Crippen LogP contribution in [0.2, 0.25) is 0 Å². The molecule has 1 saturated heterocycles. The van der Waals surface area contributed by atoms with Crippen molar-refractivity contribution in [3.05, 3.63) is 28.2 Å². The van der Waals surface area contributed by atoms with Gasteiger partial charge >= 0.3 is 12.1 Å². The number of carbonyl (C=O) groups excluding carboxylic acids is 2. The van der Waals surface area contributed by atoms with Crippen molar-refractivity contribution in [3.63, 3.8) is 0 Å². The van der Waals surface area contributed by atoms with Gasteiger partial charge in [0.05, 0.1) is 23.6 Å². The Balaban J connectivity index is 2.75. The van der Waals surface area contributed by atoms with Gasteiger partial charge in [-0.2, -0.15) is 0 Å². The van der Waals surface area contributed by atoms with E-state index >= 15 is 0 Å². The molecule has 0 atom stereocenters. The van der Waals surface area contributed by atoms with Crippen LogP contribution in [0, 0.1) is 0 Å². The van der Waals surface area contributed by atoms with Gasteiger partial charge < -0.3 is 19.3 Å². The van der Waals surface area contributed by atoms with Gasteiger partial charge in [0.15, 0.2) is 0 Å². The Morgan fingerprint density at radius 3 is 2.38 bits per heavy atom. The van der Waals surface area contributed by atoms with Gasteiger partial charge in [0.1, 0.15) is 5.60 Å². The molecule has 1 aromatic rings. The molecule has 1 fully saturated rings. The molecular formula is C17H23BrN2O4. The number of halogens is 1. The van der Waals surface area contributed by atoms with Crippen LogP contribution in [0.25, 0.3) is 0 Å². The van der Waals surface area contributed by atoms with E-state index in [1.807, 2.05) is 0 Å². The summed E-state index contributed by atoms with van der Waals surface area (Å²) in [6.07, 6.45) is -1.56. The molecule has 24 heavy (non-hydrogen) atoms. The van der Waals surface area contributed by atoms with Crippen LogP contribution in [0.3, 0.4) is 0 Å². The van der Waals surface area contributed by atoms with E-state index in [1.54, 1.807) is 0 Å². The van der Waals surface area contributed by atoms with Crippen molar-refractivity contribution in [1.82, 2.24) is 4.90 Å². The molecule has 0 spiro atoms. The molecule has 0 unspecified atom stereocenters. The molecule has 0 saturated carbocycles. The van der Waals surface area contributed by atoms with E-state index in [0.29, 0.717) is 0 Å². The second-order valence-electron chi connectivity index (χ2n) is 5.75. The number of carbonyl (C=O) groups is 2. The minimum atomic E-state index is -3.40. The molecule has 1 amide bonds. The van der Waals surface area contributed by atoms with Crippen LogP contribution in [0.1, 0.15) is 42.1 Å². The van der Waals surface area contributed by atoms with Crippen LogP contribution < -0.4 is 4.90 Å². The number of amides is 1. The predicted molar refractivity (Wildman–Crippen MR) is 95.5 cm³/mol. The quantitative estimate of drug-likeness (QED) is 0.705. The summed E-state index contributed by atoms with van der Waals surface area (Å²) in [7, 11) is 1.11. The molecular weight excluding hydrogens is 376 g/mol. The lowest BCUT2D eigenvalue weighted by Crippen LogP contribution is -2.50. The number of esters is 1. The van der Waals surface area contributed by atoms with Gasteiger partial charge in [-0.15, -0.1) is 0 Å². The Kier molecular flexibility index (Phi) is 3.18. The Morgan fingerprint density at radius 1 is 1.21 bits per heavy atom. The third kappa shape index (κ3) is 4.63. The molecule has 1 aromatic carbocycles. The van der Waals surface area contributed by atoms with E-state index in [0.717, 1.165) is 13.2 Å². The maximum Gasteiger partial charge on any atom is 0.410 e. The molecule has 0 aromatic heterocycles. The zero-order valence-electron chi connectivity index (χ0n) is 21.6. The van der Waals surface area contributed by atoms with E-state index in [-0.39, 0.29) is 25.5 Å². The number of rotatable bonds is 2. The van der Waals surface area contributed by atoms with Crippen LogP contribution in [0.5, 0.6) is 0 Å². The molecule has 1 aliphatic rings. The van der Waals surface area contributed by atoms with E-state index in [2.05, 4.69) is 20.7 Å². The first-order valence-electron chi connectivity index (χ1n) is 10.9. The molecule has 1 heterocycles. The summed E-state index contributed by atoms with van der Waals surface area (Å²) in [6.45, 7) is -9.06. The first kappa shape index (κ1) is 10.3.